The van der Waals surface area contributed by atoms with Gasteiger partial charge in [0, 0.05) is 0 Å². The summed E-state index contributed by atoms with van der Waals surface area (Å²) in [6.45, 7) is 0. The average Bonchev–Trinajstić information content (AvgIpc) is 3.19. The second kappa shape index (κ2) is 7.17. The van der Waals surface area contributed by atoms with Crippen molar-refractivity contribution in [1.29, 1.82) is 0 Å². The maximum atomic E-state index is 13.4. The van der Waals surface area contributed by atoms with Crippen LogP contribution in [0.3, 0.4) is 0 Å². The van der Waals surface area contributed by atoms with E-state index in [1.807, 2.05) is 54.6 Å². The van der Waals surface area contributed by atoms with E-state index in [2.05, 4.69) is 38.3 Å². The summed E-state index contributed by atoms with van der Waals surface area (Å²) < 4.78 is 8.62. The number of nitrogens with one attached hydrogen (secondary N) is 1. The van der Waals surface area contributed by atoms with Crippen LogP contribution in [-0.4, -0.2) is 14.7 Å². The molecule has 3 aromatic carbocycles. The van der Waals surface area contributed by atoms with E-state index in [1.54, 1.807) is 0 Å². The highest BCUT2D eigenvalue weighted by Crippen LogP contribution is 2.53. The van der Waals surface area contributed by atoms with Crippen molar-refractivity contribution in [2.75, 3.05) is 5.32 Å². The highest BCUT2D eigenvalue weighted by atomic mass is 32.1. The zero-order valence-corrected chi connectivity index (χ0v) is 16.0. The number of fused-ring (bicyclic) bond motifs is 1. The van der Waals surface area contributed by atoms with Crippen molar-refractivity contribution in [2.24, 2.45) is 5.92 Å². The van der Waals surface area contributed by atoms with Gasteiger partial charge in [-0.25, -0.2) is 0 Å². The molecule has 28 heavy (non-hydrogen) atoms. The minimum atomic E-state index is -0.105. The first kappa shape index (κ1) is 17.1. The normalized spacial score (nSPS) is 21.2. The number of carbonyl (C=O) groups is 1. The van der Waals surface area contributed by atoms with Gasteiger partial charge < -0.3 is 5.32 Å². The van der Waals surface area contributed by atoms with Gasteiger partial charge in [-0.15, -0.1) is 0 Å². The quantitative estimate of drug-likeness (QED) is 0.524. The Bertz CT molecular complexity index is 1060. The molecule has 1 fully saturated rings. The Kier molecular flexibility index (Phi) is 4.37. The third-order valence-electron chi connectivity index (χ3n) is 5.68. The monoisotopic (exact) mass is 385 g/mol. The lowest BCUT2D eigenvalue weighted by atomic mass is 9.59. The van der Waals surface area contributed by atoms with E-state index >= 15 is 0 Å². The van der Waals surface area contributed by atoms with E-state index in [0.717, 1.165) is 23.1 Å². The summed E-state index contributed by atoms with van der Waals surface area (Å²) in [5.74, 6) is 0.388. The zero-order valence-electron chi connectivity index (χ0n) is 15.2. The van der Waals surface area contributed by atoms with E-state index in [-0.39, 0.29) is 23.7 Å². The molecule has 1 saturated carbocycles. The fourth-order valence-corrected chi connectivity index (χ4v) is 4.78. The number of benzene rings is 3. The number of aromatic nitrogens is 2. The van der Waals surface area contributed by atoms with Crippen LogP contribution in [0.15, 0.2) is 78.9 Å². The lowest BCUT2D eigenvalue weighted by molar-refractivity contribution is -0.124. The summed E-state index contributed by atoms with van der Waals surface area (Å²) in [4.78, 5) is 13.4. The van der Waals surface area contributed by atoms with Gasteiger partial charge in [0.05, 0.1) is 23.3 Å². The summed E-state index contributed by atoms with van der Waals surface area (Å²) in [5.41, 5.74) is 4.76. The molecule has 0 bridgehead atoms. The van der Waals surface area contributed by atoms with Crippen LogP contribution < -0.4 is 5.32 Å². The lowest BCUT2D eigenvalue weighted by Gasteiger charge is -2.44. The molecule has 1 amide bonds. The maximum absolute atomic E-state index is 13.4. The van der Waals surface area contributed by atoms with Crippen LogP contribution in [0.5, 0.6) is 0 Å². The van der Waals surface area contributed by atoms with Crippen LogP contribution in [0.1, 0.15) is 29.4 Å². The molecule has 1 N–H and O–H groups in total. The van der Waals surface area contributed by atoms with Crippen molar-refractivity contribution in [1.82, 2.24) is 8.75 Å². The molecule has 5 rings (SSSR count). The zero-order chi connectivity index (χ0) is 18.9. The van der Waals surface area contributed by atoms with Gasteiger partial charge in [0.2, 0.25) is 5.91 Å². The van der Waals surface area contributed by atoms with Crippen molar-refractivity contribution in [2.45, 2.75) is 18.3 Å². The molecule has 1 aliphatic rings. The number of hydrogen-bond donors (Lipinski definition) is 1. The Morgan fingerprint density at radius 2 is 1.46 bits per heavy atom. The number of nitrogens with zero attached hydrogens (tertiary/aromatic N) is 2. The fourth-order valence-electron chi connectivity index (χ4n) is 4.23. The highest BCUT2D eigenvalue weighted by Gasteiger charge is 2.46. The van der Waals surface area contributed by atoms with E-state index in [4.69, 9.17) is 0 Å². The third kappa shape index (κ3) is 2.98. The molecule has 4 nitrogen and oxygen atoms in total. The first-order valence-corrected chi connectivity index (χ1v) is 10.2. The van der Waals surface area contributed by atoms with Crippen molar-refractivity contribution in [3.8, 4) is 0 Å². The van der Waals surface area contributed by atoms with Gasteiger partial charge in [0.15, 0.2) is 0 Å². The lowest BCUT2D eigenvalue weighted by Crippen LogP contribution is -2.42. The minimum Gasteiger partial charge on any atom is -0.324 e. The van der Waals surface area contributed by atoms with E-state index < -0.39 is 0 Å². The Morgan fingerprint density at radius 3 is 2.11 bits per heavy atom. The van der Waals surface area contributed by atoms with E-state index in [0.29, 0.717) is 0 Å². The number of hydrogen-bond acceptors (Lipinski definition) is 4. The second-order valence-electron chi connectivity index (χ2n) is 7.22. The summed E-state index contributed by atoms with van der Waals surface area (Å²) in [7, 11) is 0. The molecular weight excluding hydrogens is 366 g/mol. The maximum Gasteiger partial charge on any atom is 0.228 e. The summed E-state index contributed by atoms with van der Waals surface area (Å²) in [6, 6.07) is 26.4. The molecule has 5 heteroatoms. The van der Waals surface area contributed by atoms with E-state index in [1.165, 1.54) is 22.9 Å². The first-order chi connectivity index (χ1) is 13.8. The smallest absolute Gasteiger partial charge is 0.228 e. The highest BCUT2D eigenvalue weighted by molar-refractivity contribution is 7.00. The van der Waals surface area contributed by atoms with Crippen molar-refractivity contribution in [3.63, 3.8) is 0 Å². The van der Waals surface area contributed by atoms with Crippen LogP contribution >= 0.6 is 11.7 Å². The van der Waals surface area contributed by atoms with Crippen molar-refractivity contribution < 1.29 is 4.79 Å². The fraction of sp³-hybridized carbons (Fsp3) is 0.174. The summed E-state index contributed by atoms with van der Waals surface area (Å²) >= 11 is 1.17. The minimum absolute atomic E-state index is 0.0504. The number of amides is 1. The molecule has 1 aromatic heterocycles. The predicted octanol–water partition coefficient (Wildman–Crippen LogP) is 5.22. The van der Waals surface area contributed by atoms with Gasteiger partial charge in [-0.1, -0.05) is 66.7 Å². The Hall–Kier alpha value is -3.05. The largest absolute Gasteiger partial charge is 0.324 e. The molecule has 0 saturated heterocycles. The average molecular weight is 385 g/mol. The molecule has 2 unspecified atom stereocenters. The molecule has 1 heterocycles. The number of carbonyl (C=O) groups excluding carboxylic acids is 1. The Balaban J connectivity index is 1.47. The summed E-state index contributed by atoms with van der Waals surface area (Å²) in [6.07, 6.45) is 0.981. The van der Waals surface area contributed by atoms with E-state index in [9.17, 15) is 4.79 Å². The molecule has 0 spiro atoms. The molecule has 1 aliphatic carbocycles. The standard InChI is InChI=1S/C23H19N3OS/c27-23(24-19-12-7-13-20-22(19)26-28-25-20)21-17(15-8-3-1-4-9-15)14-18(21)16-10-5-2-6-11-16/h1-13,17-18,21H,14H2,(H,24,27). The van der Waals surface area contributed by atoms with Crippen LogP contribution in [-0.2, 0) is 4.79 Å². The van der Waals surface area contributed by atoms with Gasteiger partial charge in [-0.2, -0.15) is 8.75 Å². The van der Waals surface area contributed by atoms with Gasteiger partial charge in [-0.3, -0.25) is 4.79 Å². The van der Waals surface area contributed by atoms with Crippen LogP contribution in [0.4, 0.5) is 5.69 Å². The molecule has 2 atom stereocenters. The third-order valence-corrected chi connectivity index (χ3v) is 6.22. The van der Waals surface area contributed by atoms with Crippen molar-refractivity contribution in [3.05, 3.63) is 90.0 Å². The van der Waals surface area contributed by atoms with Crippen LogP contribution in [0.2, 0.25) is 0 Å². The Morgan fingerprint density at radius 1 is 0.821 bits per heavy atom. The van der Waals surface area contributed by atoms with Gasteiger partial charge in [0.1, 0.15) is 11.0 Å². The van der Waals surface area contributed by atoms with Gasteiger partial charge in [0.25, 0.3) is 0 Å². The topological polar surface area (TPSA) is 54.9 Å². The molecule has 0 radical (unpaired) electrons. The van der Waals surface area contributed by atoms with Gasteiger partial charge >= 0.3 is 0 Å². The van der Waals surface area contributed by atoms with Crippen molar-refractivity contribution >= 4 is 34.4 Å². The molecule has 0 aliphatic heterocycles. The van der Waals surface area contributed by atoms with Crippen LogP contribution in [0, 0.1) is 5.92 Å². The number of rotatable bonds is 4. The molecule has 4 aromatic rings. The summed E-state index contributed by atoms with van der Waals surface area (Å²) in [5, 5.41) is 3.14. The SMILES string of the molecule is O=C(Nc1cccc2nsnc12)C1C(c2ccccc2)CC1c1ccccc1. The second-order valence-corrected chi connectivity index (χ2v) is 7.75. The molecular formula is C23H19N3OS. The Labute approximate surface area is 167 Å². The first-order valence-electron chi connectivity index (χ1n) is 9.43. The number of anilines is 1. The van der Waals surface area contributed by atoms with Gasteiger partial charge in [-0.05, 0) is 41.5 Å². The molecule has 138 valence electrons. The predicted molar refractivity (Wildman–Crippen MR) is 113 cm³/mol. The van der Waals surface area contributed by atoms with Crippen LogP contribution in [0.25, 0.3) is 11.0 Å².